The largest absolute Gasteiger partial charge is 0.478 e. The fourth-order valence-electron chi connectivity index (χ4n) is 0.994. The first-order chi connectivity index (χ1) is 6.54. The second-order valence-electron chi connectivity index (χ2n) is 2.61. The second kappa shape index (κ2) is 3.88. The van der Waals surface area contributed by atoms with Crippen molar-refractivity contribution in [1.29, 1.82) is 0 Å². The summed E-state index contributed by atoms with van der Waals surface area (Å²) in [5, 5.41) is 27.7. The Morgan fingerprint density at radius 1 is 1.43 bits per heavy atom. The zero-order valence-corrected chi connectivity index (χ0v) is 7.01. The van der Waals surface area contributed by atoms with Crippen LogP contribution >= 0.6 is 0 Å². The lowest BCUT2D eigenvalue weighted by atomic mass is 9.87. The Kier molecular flexibility index (Phi) is 2.83. The van der Waals surface area contributed by atoms with Crippen molar-refractivity contribution >= 4 is 24.6 Å². The number of carboxylic acid groups (broad SMARTS) is 1. The van der Waals surface area contributed by atoms with Crippen LogP contribution < -0.4 is 5.46 Å². The summed E-state index contributed by atoms with van der Waals surface area (Å²) in [5.74, 6) is -1.26. The minimum absolute atomic E-state index is 0.205. The Balaban J connectivity index is 3.27. The van der Waals surface area contributed by atoms with E-state index in [1.54, 1.807) is 0 Å². The van der Waals surface area contributed by atoms with Gasteiger partial charge in [0.05, 0.1) is 10.5 Å². The molecule has 0 aliphatic carbocycles. The summed E-state index contributed by atoms with van der Waals surface area (Å²) in [6, 6.07) is 3.27. The zero-order chi connectivity index (χ0) is 10.7. The van der Waals surface area contributed by atoms with Gasteiger partial charge in [0.15, 0.2) is 0 Å². The standard InChI is InChI=1S/C7H6BNO5/c10-7(11)4-1-5(8-12)3-6(2-4)9(13)14/h1-3,8,12H,(H,10,11). The van der Waals surface area contributed by atoms with Crippen LogP contribution in [0.2, 0.25) is 0 Å². The molecule has 72 valence electrons. The number of carbonyl (C=O) groups is 1. The van der Waals surface area contributed by atoms with E-state index < -0.39 is 18.4 Å². The Labute approximate surface area is 79.2 Å². The second-order valence-corrected chi connectivity index (χ2v) is 2.61. The van der Waals surface area contributed by atoms with E-state index in [4.69, 9.17) is 10.1 Å². The van der Waals surface area contributed by atoms with Crippen LogP contribution in [0.4, 0.5) is 5.69 Å². The summed E-state index contributed by atoms with van der Waals surface area (Å²) in [6.45, 7) is 0. The Hall–Kier alpha value is -1.89. The molecule has 0 saturated heterocycles. The van der Waals surface area contributed by atoms with Gasteiger partial charge in [-0.25, -0.2) is 4.79 Å². The summed E-state index contributed by atoms with van der Waals surface area (Å²) >= 11 is 0. The Morgan fingerprint density at radius 2 is 2.07 bits per heavy atom. The van der Waals surface area contributed by atoms with E-state index in [1.165, 1.54) is 6.07 Å². The number of nitrogens with zero attached hydrogens (tertiary/aromatic N) is 1. The van der Waals surface area contributed by atoms with Crippen LogP contribution in [0, 0.1) is 10.1 Å². The highest BCUT2D eigenvalue weighted by Crippen LogP contribution is 2.11. The predicted octanol–water partition coefficient (Wildman–Crippen LogP) is -0.738. The quantitative estimate of drug-likeness (QED) is 0.375. The molecule has 0 aliphatic heterocycles. The van der Waals surface area contributed by atoms with Crippen molar-refractivity contribution in [2.24, 2.45) is 0 Å². The highest BCUT2D eigenvalue weighted by molar-refractivity contribution is 6.45. The molecule has 0 amide bonds. The van der Waals surface area contributed by atoms with Crippen molar-refractivity contribution in [3.63, 3.8) is 0 Å². The topological polar surface area (TPSA) is 101 Å². The highest BCUT2D eigenvalue weighted by Gasteiger charge is 2.13. The number of carboxylic acids is 1. The number of hydrogen-bond acceptors (Lipinski definition) is 4. The molecule has 0 radical (unpaired) electrons. The monoisotopic (exact) mass is 195 g/mol. The van der Waals surface area contributed by atoms with Gasteiger partial charge in [-0.3, -0.25) is 10.1 Å². The summed E-state index contributed by atoms with van der Waals surface area (Å²) in [4.78, 5) is 20.2. The van der Waals surface area contributed by atoms with E-state index in [1.807, 2.05) is 0 Å². The van der Waals surface area contributed by atoms with Crippen LogP contribution in [-0.4, -0.2) is 28.5 Å². The van der Waals surface area contributed by atoms with E-state index in [0.29, 0.717) is 0 Å². The average molecular weight is 195 g/mol. The van der Waals surface area contributed by atoms with Crippen LogP contribution in [0.5, 0.6) is 0 Å². The van der Waals surface area contributed by atoms with Crippen molar-refractivity contribution in [3.05, 3.63) is 33.9 Å². The van der Waals surface area contributed by atoms with Crippen molar-refractivity contribution < 1.29 is 19.8 Å². The van der Waals surface area contributed by atoms with Crippen LogP contribution in [-0.2, 0) is 0 Å². The molecule has 0 aliphatic rings. The smallest absolute Gasteiger partial charge is 0.335 e. The predicted molar refractivity (Wildman–Crippen MR) is 49.1 cm³/mol. The first-order valence-electron chi connectivity index (χ1n) is 3.67. The lowest BCUT2D eigenvalue weighted by Crippen LogP contribution is -2.16. The average Bonchev–Trinajstić information content (AvgIpc) is 2.16. The van der Waals surface area contributed by atoms with Crippen molar-refractivity contribution in [2.45, 2.75) is 0 Å². The van der Waals surface area contributed by atoms with Gasteiger partial charge in [-0.1, -0.05) is 6.07 Å². The van der Waals surface area contributed by atoms with Gasteiger partial charge in [-0.15, -0.1) is 0 Å². The fraction of sp³-hybridized carbons (Fsp3) is 0. The third kappa shape index (κ3) is 2.08. The van der Waals surface area contributed by atoms with Crippen LogP contribution in [0.15, 0.2) is 18.2 Å². The maximum absolute atomic E-state index is 10.5. The summed E-state index contributed by atoms with van der Waals surface area (Å²) < 4.78 is 0. The summed E-state index contributed by atoms with van der Waals surface area (Å²) in [7, 11) is -0.429. The molecule has 2 N–H and O–H groups in total. The van der Waals surface area contributed by atoms with Gasteiger partial charge >= 0.3 is 13.5 Å². The van der Waals surface area contributed by atoms with Crippen molar-refractivity contribution in [3.8, 4) is 0 Å². The molecule has 0 fully saturated rings. The van der Waals surface area contributed by atoms with Gasteiger partial charge in [-0.05, 0) is 5.46 Å². The molecule has 7 heteroatoms. The number of aromatic carboxylic acids is 1. The Morgan fingerprint density at radius 3 is 2.50 bits per heavy atom. The molecule has 1 aromatic carbocycles. The minimum Gasteiger partial charge on any atom is -0.478 e. The molecule has 0 unspecified atom stereocenters. The third-order valence-corrected chi connectivity index (χ3v) is 1.62. The van der Waals surface area contributed by atoms with Crippen LogP contribution in [0.3, 0.4) is 0 Å². The van der Waals surface area contributed by atoms with Crippen molar-refractivity contribution in [2.75, 3.05) is 0 Å². The highest BCUT2D eigenvalue weighted by atomic mass is 16.6. The van der Waals surface area contributed by atoms with E-state index >= 15 is 0 Å². The first-order valence-corrected chi connectivity index (χ1v) is 3.67. The van der Waals surface area contributed by atoms with E-state index in [9.17, 15) is 14.9 Å². The molecular weight excluding hydrogens is 189 g/mol. The number of nitro benzene ring substituents is 1. The number of non-ortho nitro benzene ring substituents is 1. The number of hydrogen-bond donors (Lipinski definition) is 2. The molecule has 6 nitrogen and oxygen atoms in total. The minimum atomic E-state index is -1.26. The van der Waals surface area contributed by atoms with Crippen LogP contribution in [0.1, 0.15) is 10.4 Å². The lowest BCUT2D eigenvalue weighted by molar-refractivity contribution is -0.384. The lowest BCUT2D eigenvalue weighted by Gasteiger charge is -1.98. The van der Waals surface area contributed by atoms with Gasteiger partial charge in [0.1, 0.15) is 0 Å². The maximum atomic E-state index is 10.5. The normalized spacial score (nSPS) is 9.50. The molecule has 0 spiro atoms. The molecular formula is C7H6BNO5. The maximum Gasteiger partial charge on any atom is 0.335 e. The zero-order valence-electron chi connectivity index (χ0n) is 7.01. The molecule has 14 heavy (non-hydrogen) atoms. The molecule has 1 aromatic rings. The van der Waals surface area contributed by atoms with Gasteiger partial charge in [0, 0.05) is 12.1 Å². The number of nitro groups is 1. The van der Waals surface area contributed by atoms with E-state index in [0.717, 1.165) is 12.1 Å². The van der Waals surface area contributed by atoms with Gasteiger partial charge < -0.3 is 10.1 Å². The van der Waals surface area contributed by atoms with Crippen molar-refractivity contribution in [1.82, 2.24) is 0 Å². The van der Waals surface area contributed by atoms with Crippen LogP contribution in [0.25, 0.3) is 0 Å². The van der Waals surface area contributed by atoms with Gasteiger partial charge in [0.2, 0.25) is 0 Å². The van der Waals surface area contributed by atoms with Gasteiger partial charge in [-0.2, -0.15) is 0 Å². The molecule has 0 bridgehead atoms. The third-order valence-electron chi connectivity index (χ3n) is 1.62. The molecule has 0 aromatic heterocycles. The Bertz CT molecular complexity index is 359. The molecule has 0 saturated carbocycles. The SMILES string of the molecule is O=C(O)c1cc(BO)cc([N+](=O)[O-])c1. The molecule has 0 heterocycles. The van der Waals surface area contributed by atoms with Gasteiger partial charge in [0.25, 0.3) is 5.69 Å². The number of benzene rings is 1. The van der Waals surface area contributed by atoms with E-state index in [2.05, 4.69) is 0 Å². The molecule has 1 rings (SSSR count). The number of rotatable bonds is 3. The summed E-state index contributed by atoms with van der Waals surface area (Å²) in [6.07, 6.45) is 0. The first kappa shape index (κ1) is 10.2. The van der Waals surface area contributed by atoms with E-state index in [-0.39, 0.29) is 16.7 Å². The molecule has 0 atom stereocenters. The summed E-state index contributed by atoms with van der Waals surface area (Å²) in [5.41, 5.74) is -0.339. The fourth-order valence-corrected chi connectivity index (χ4v) is 0.994.